The Balaban J connectivity index is 0.000000338. The molecule has 0 unspecified atom stereocenters. The third-order valence-corrected chi connectivity index (χ3v) is 11.2. The van der Waals surface area contributed by atoms with Crippen LogP contribution in [0.2, 0.25) is 0 Å². The number of hydrogen-bond acceptors (Lipinski definition) is 0. The third kappa shape index (κ3) is 12.0. The van der Waals surface area contributed by atoms with Crippen molar-refractivity contribution < 1.29 is 49.0 Å². The van der Waals surface area contributed by atoms with Crippen LogP contribution in [0.3, 0.4) is 0 Å². The van der Waals surface area contributed by atoms with Gasteiger partial charge in [0.1, 0.15) is 0 Å². The van der Waals surface area contributed by atoms with Crippen LogP contribution in [0.5, 0.6) is 0 Å². The van der Waals surface area contributed by atoms with E-state index >= 15 is 0 Å². The van der Waals surface area contributed by atoms with Gasteiger partial charge in [-0.3, -0.25) is 6.08 Å². The molecule has 282 valence electrons. The fraction of sp³-hybridized carbons (Fsp3) is 0.400. The first-order valence-electron chi connectivity index (χ1n) is 18.7. The van der Waals surface area contributed by atoms with Crippen LogP contribution >= 0.6 is 0 Å². The minimum atomic E-state index is 0. The molecule has 0 aromatic heterocycles. The molecule has 0 nitrogen and oxygen atoms in total. The molecule has 6 rings (SSSR count). The van der Waals surface area contributed by atoms with Gasteiger partial charge in [-0.2, -0.15) is 6.08 Å². The van der Waals surface area contributed by atoms with Crippen molar-refractivity contribution in [2.24, 2.45) is 0 Å². The normalized spacial score (nSPS) is 13.0. The first-order chi connectivity index (χ1) is 23.5. The van der Waals surface area contributed by atoms with Crippen LogP contribution in [-0.4, -0.2) is 3.21 Å². The molecular formula is C50H62Cl2Zr-2. The van der Waals surface area contributed by atoms with Gasteiger partial charge in [0.15, 0.2) is 0 Å². The SMILES string of the molecule is CC(C)(C)c1cc2[cH-]c3cc(C(C)(C)C)c(C(C)(C)C)cc3c2cc1C(C)(C)C.CC1=[C-]CC=C1.Cc1ccc([C](=[Zr+2])c2ccc(C)cc2)cc1.[Cl-].[Cl-]. The molecular weight excluding hydrogens is 763 g/mol. The van der Waals surface area contributed by atoms with E-state index < -0.39 is 0 Å². The molecule has 1 aliphatic rings. The third-order valence-electron chi connectivity index (χ3n) is 9.76. The van der Waals surface area contributed by atoms with E-state index in [0.717, 1.165) is 6.42 Å². The molecule has 0 spiro atoms. The molecule has 3 heteroatoms. The maximum absolute atomic E-state index is 3.12. The maximum Gasteiger partial charge on any atom is -1.00 e. The quantitative estimate of drug-likeness (QED) is 0.158. The summed E-state index contributed by atoms with van der Waals surface area (Å²) >= 11 is 1.46. The largest absolute Gasteiger partial charge is 1.00 e. The number of rotatable bonds is 2. The standard InChI is InChI=1S/C29H41.C15H14.C6H7.2ClH.Zr/c1-26(2,3)22-14-18-13-19-15-23(27(4,5)6)25(29(10,11)12)17-21(19)20(18)16-24(22)28(7,8)9;1-12-3-7-14(8-4-12)11-15-9-5-13(2)6-10-15;1-6-4-2-3-5-6;;;/h13-17H,1-12H3;3-10H,1-2H3;2,4H,3H2,1H3;2*1H;/q-1;;-1;;;+2/p-2. The van der Waals surface area contributed by atoms with Gasteiger partial charge in [0, 0.05) is 0 Å². The topological polar surface area (TPSA) is 0 Å². The van der Waals surface area contributed by atoms with E-state index in [1.165, 1.54) is 99.1 Å². The minimum absolute atomic E-state index is 0. The Morgan fingerprint density at radius 2 is 0.849 bits per heavy atom. The number of hydrogen-bond donors (Lipinski definition) is 0. The van der Waals surface area contributed by atoms with E-state index in [1.54, 1.807) is 0 Å². The van der Waals surface area contributed by atoms with Gasteiger partial charge in [-0.15, -0.1) is 46.2 Å². The molecule has 5 aromatic rings. The number of halogens is 2. The summed E-state index contributed by atoms with van der Waals surface area (Å²) < 4.78 is 1.42. The monoisotopic (exact) mass is 822 g/mol. The molecule has 53 heavy (non-hydrogen) atoms. The first-order valence-corrected chi connectivity index (χ1v) is 19.9. The molecule has 5 aromatic carbocycles. The zero-order valence-corrected chi connectivity index (χ0v) is 39.1. The van der Waals surface area contributed by atoms with Gasteiger partial charge in [-0.05, 0) is 21.7 Å². The Morgan fingerprint density at radius 3 is 1.09 bits per heavy atom. The van der Waals surface area contributed by atoms with Crippen LogP contribution in [0.15, 0.2) is 96.6 Å². The van der Waals surface area contributed by atoms with Crippen molar-refractivity contribution in [1.29, 1.82) is 0 Å². The Hall–Kier alpha value is -2.44. The number of fused-ring (bicyclic) bond motifs is 3. The molecule has 0 aliphatic heterocycles. The molecule has 0 fully saturated rings. The summed E-state index contributed by atoms with van der Waals surface area (Å²) in [4.78, 5) is 0. The first kappa shape index (κ1) is 46.7. The second kappa shape index (κ2) is 18.0. The molecule has 0 saturated heterocycles. The zero-order valence-electron chi connectivity index (χ0n) is 35.1. The molecule has 0 N–H and O–H groups in total. The molecule has 0 heterocycles. The van der Waals surface area contributed by atoms with Crippen LogP contribution in [-0.2, 0) is 45.9 Å². The van der Waals surface area contributed by atoms with Crippen molar-refractivity contribution in [3.8, 4) is 0 Å². The summed E-state index contributed by atoms with van der Waals surface area (Å²) in [5.74, 6) is 0. The Labute approximate surface area is 350 Å². The summed E-state index contributed by atoms with van der Waals surface area (Å²) in [6.07, 6.45) is 8.33. The molecule has 1 aliphatic carbocycles. The van der Waals surface area contributed by atoms with Crippen molar-refractivity contribution in [1.82, 2.24) is 0 Å². The second-order valence-corrected chi connectivity index (χ2v) is 19.9. The van der Waals surface area contributed by atoms with E-state index in [4.69, 9.17) is 0 Å². The van der Waals surface area contributed by atoms with E-state index in [-0.39, 0.29) is 46.5 Å². The van der Waals surface area contributed by atoms with Crippen molar-refractivity contribution >= 4 is 24.8 Å². The minimum Gasteiger partial charge on any atom is -1.00 e. The van der Waals surface area contributed by atoms with Crippen LogP contribution in [0, 0.1) is 19.9 Å². The Morgan fingerprint density at radius 1 is 0.528 bits per heavy atom. The van der Waals surface area contributed by atoms with Gasteiger partial charge in [0.2, 0.25) is 0 Å². The predicted molar refractivity (Wildman–Crippen MR) is 224 cm³/mol. The van der Waals surface area contributed by atoms with Gasteiger partial charge in [-0.1, -0.05) is 124 Å². The summed E-state index contributed by atoms with van der Waals surface area (Å²) in [6, 6.07) is 29.8. The Kier molecular flexibility index (Phi) is 15.9. The van der Waals surface area contributed by atoms with E-state index in [1.807, 2.05) is 0 Å². The van der Waals surface area contributed by atoms with Crippen LogP contribution in [0.1, 0.15) is 141 Å². The van der Waals surface area contributed by atoms with Gasteiger partial charge in [0.25, 0.3) is 0 Å². The Bertz CT molecular complexity index is 1920. The summed E-state index contributed by atoms with van der Waals surface area (Å²) in [5, 5.41) is 5.57. The van der Waals surface area contributed by atoms with Gasteiger partial charge in [-0.25, -0.2) is 11.6 Å². The van der Waals surface area contributed by atoms with Gasteiger partial charge < -0.3 is 24.8 Å². The van der Waals surface area contributed by atoms with Crippen molar-refractivity contribution in [3.05, 3.63) is 147 Å². The molecule has 0 saturated carbocycles. The molecule has 0 bridgehead atoms. The van der Waals surface area contributed by atoms with Crippen LogP contribution in [0.4, 0.5) is 0 Å². The fourth-order valence-electron chi connectivity index (χ4n) is 6.71. The van der Waals surface area contributed by atoms with Gasteiger partial charge >= 0.3 is 112 Å². The number of aryl methyl sites for hydroxylation is 2. The van der Waals surface area contributed by atoms with Gasteiger partial charge in [0.05, 0.1) is 0 Å². The smallest absolute Gasteiger partial charge is 1.00 e. The van der Waals surface area contributed by atoms with Crippen LogP contribution in [0.25, 0.3) is 21.5 Å². The predicted octanol–water partition coefficient (Wildman–Crippen LogP) is 8.02. The van der Waals surface area contributed by atoms with Crippen molar-refractivity contribution in [2.45, 2.75) is 132 Å². The molecule has 0 amide bonds. The van der Waals surface area contributed by atoms with Crippen LogP contribution < -0.4 is 24.8 Å². The number of allylic oxidation sites excluding steroid dienone is 4. The average molecular weight is 825 g/mol. The number of benzene rings is 4. The van der Waals surface area contributed by atoms with E-state index in [9.17, 15) is 0 Å². The van der Waals surface area contributed by atoms with E-state index in [2.05, 4.69) is 201 Å². The fourth-order valence-corrected chi connectivity index (χ4v) is 7.53. The average Bonchev–Trinajstić information content (AvgIpc) is 3.65. The van der Waals surface area contributed by atoms with E-state index in [0.29, 0.717) is 0 Å². The van der Waals surface area contributed by atoms with Crippen molar-refractivity contribution in [2.75, 3.05) is 0 Å². The molecule has 0 radical (unpaired) electrons. The zero-order chi connectivity index (χ0) is 38.1. The second-order valence-electron chi connectivity index (χ2n) is 18.7. The summed E-state index contributed by atoms with van der Waals surface area (Å²) in [6.45, 7) is 34.4. The maximum atomic E-state index is 3.12. The summed E-state index contributed by atoms with van der Waals surface area (Å²) in [7, 11) is 0. The summed E-state index contributed by atoms with van der Waals surface area (Å²) in [5.41, 5.74) is 13.0. The molecule has 0 atom stereocenters. The van der Waals surface area contributed by atoms with Crippen molar-refractivity contribution in [3.63, 3.8) is 0 Å².